The molecule has 1 aromatic heterocycles. The number of nitro benzene ring substituents is 1. The molecule has 0 unspecified atom stereocenters. The number of ether oxygens (including phenoxy) is 1. The third-order valence-electron chi connectivity index (χ3n) is 4.66. The van der Waals surface area contributed by atoms with E-state index < -0.39 is 4.92 Å². The van der Waals surface area contributed by atoms with E-state index in [9.17, 15) is 14.9 Å². The normalized spacial score (nSPS) is 13.1. The summed E-state index contributed by atoms with van der Waals surface area (Å²) in [4.78, 5) is 25.1. The van der Waals surface area contributed by atoms with Crippen LogP contribution >= 0.6 is 0 Å². The molecule has 29 heavy (non-hydrogen) atoms. The van der Waals surface area contributed by atoms with Crippen molar-refractivity contribution in [3.63, 3.8) is 0 Å². The van der Waals surface area contributed by atoms with Gasteiger partial charge in [-0.3, -0.25) is 14.9 Å². The maximum atomic E-state index is 12.9. The monoisotopic (exact) mass is 394 g/mol. The van der Waals surface area contributed by atoms with Gasteiger partial charge in [0.2, 0.25) is 11.8 Å². The zero-order valence-electron chi connectivity index (χ0n) is 15.6. The molecule has 1 heterocycles. The number of hydrogen-bond acceptors (Lipinski definition) is 7. The van der Waals surface area contributed by atoms with Crippen molar-refractivity contribution in [3.8, 4) is 17.2 Å². The van der Waals surface area contributed by atoms with Crippen LogP contribution in [0.4, 0.5) is 5.69 Å². The van der Waals surface area contributed by atoms with E-state index in [1.54, 1.807) is 48.4 Å². The van der Waals surface area contributed by atoms with Gasteiger partial charge in [-0.15, -0.1) is 10.2 Å². The first-order valence-electron chi connectivity index (χ1n) is 9.07. The highest BCUT2D eigenvalue weighted by Gasteiger charge is 2.34. The van der Waals surface area contributed by atoms with Crippen molar-refractivity contribution in [1.29, 1.82) is 0 Å². The van der Waals surface area contributed by atoms with E-state index in [2.05, 4.69) is 10.2 Å². The maximum Gasteiger partial charge on any atom is 0.270 e. The Hall–Kier alpha value is -3.75. The molecule has 9 nitrogen and oxygen atoms in total. The molecule has 4 rings (SSSR count). The number of amides is 1. The molecule has 9 heteroatoms. The number of hydrogen-bond donors (Lipinski definition) is 0. The van der Waals surface area contributed by atoms with Crippen LogP contribution in [-0.2, 0) is 6.54 Å². The Bertz CT molecular complexity index is 1040. The lowest BCUT2D eigenvalue weighted by molar-refractivity contribution is -0.384. The van der Waals surface area contributed by atoms with E-state index in [0.717, 1.165) is 12.8 Å². The van der Waals surface area contributed by atoms with Gasteiger partial charge in [0.25, 0.3) is 11.6 Å². The molecular formula is C20H18N4O5. The summed E-state index contributed by atoms with van der Waals surface area (Å²) < 4.78 is 10.8. The van der Waals surface area contributed by atoms with Gasteiger partial charge in [-0.2, -0.15) is 0 Å². The molecule has 148 valence electrons. The molecular weight excluding hydrogens is 376 g/mol. The number of carbonyl (C=O) groups is 1. The Kier molecular flexibility index (Phi) is 4.94. The van der Waals surface area contributed by atoms with Gasteiger partial charge in [0.05, 0.1) is 18.6 Å². The van der Waals surface area contributed by atoms with Gasteiger partial charge >= 0.3 is 0 Å². The summed E-state index contributed by atoms with van der Waals surface area (Å²) in [5, 5.41) is 19.0. The number of nitrogens with zero attached hydrogens (tertiary/aromatic N) is 4. The van der Waals surface area contributed by atoms with Gasteiger partial charge in [0.1, 0.15) is 5.75 Å². The SMILES string of the molecule is COc1ccc(C(=O)N(Cc2nnc(-c3cccc([N+](=O)[O-])c3)o2)C2CC2)cc1. The highest BCUT2D eigenvalue weighted by Crippen LogP contribution is 2.31. The molecule has 0 spiro atoms. The predicted octanol–water partition coefficient (Wildman–Crippen LogP) is 3.46. The van der Waals surface area contributed by atoms with Gasteiger partial charge in [-0.25, -0.2) is 0 Å². The number of rotatable bonds is 7. The first kappa shape index (κ1) is 18.6. The largest absolute Gasteiger partial charge is 0.497 e. The van der Waals surface area contributed by atoms with Crippen molar-refractivity contribution in [2.24, 2.45) is 0 Å². The highest BCUT2D eigenvalue weighted by molar-refractivity contribution is 5.94. The van der Waals surface area contributed by atoms with E-state index in [0.29, 0.717) is 16.9 Å². The van der Waals surface area contributed by atoms with Crippen LogP contribution < -0.4 is 4.74 Å². The fraction of sp³-hybridized carbons (Fsp3) is 0.250. The van der Waals surface area contributed by atoms with Gasteiger partial charge in [-0.1, -0.05) is 6.07 Å². The highest BCUT2D eigenvalue weighted by atomic mass is 16.6. The van der Waals surface area contributed by atoms with Crippen LogP contribution in [0.1, 0.15) is 29.1 Å². The van der Waals surface area contributed by atoms with E-state index in [1.807, 2.05) is 0 Å². The lowest BCUT2D eigenvalue weighted by atomic mass is 10.2. The Morgan fingerprint density at radius 2 is 2.00 bits per heavy atom. The Labute approximate surface area is 166 Å². The van der Waals surface area contributed by atoms with Crippen LogP contribution in [0.3, 0.4) is 0 Å². The van der Waals surface area contributed by atoms with E-state index in [4.69, 9.17) is 9.15 Å². The van der Waals surface area contributed by atoms with Crippen molar-refractivity contribution in [2.75, 3.05) is 7.11 Å². The first-order valence-corrected chi connectivity index (χ1v) is 9.07. The minimum absolute atomic E-state index is 0.0588. The second-order valence-corrected chi connectivity index (χ2v) is 6.70. The van der Waals surface area contributed by atoms with E-state index in [1.165, 1.54) is 12.1 Å². The quantitative estimate of drug-likeness (QED) is 0.445. The molecule has 0 saturated heterocycles. The summed E-state index contributed by atoms with van der Waals surface area (Å²) in [5.74, 6) is 1.01. The summed E-state index contributed by atoms with van der Waals surface area (Å²) in [7, 11) is 1.57. The molecule has 0 N–H and O–H groups in total. The molecule has 1 fully saturated rings. The van der Waals surface area contributed by atoms with Crippen LogP contribution in [-0.4, -0.2) is 39.1 Å². The number of nitro groups is 1. The summed E-state index contributed by atoms with van der Waals surface area (Å²) in [6, 6.07) is 13.0. The van der Waals surface area contributed by atoms with Crippen LogP contribution in [0, 0.1) is 10.1 Å². The Morgan fingerprint density at radius 3 is 2.66 bits per heavy atom. The fourth-order valence-electron chi connectivity index (χ4n) is 2.98. The lowest BCUT2D eigenvalue weighted by Gasteiger charge is -2.20. The number of benzene rings is 2. The zero-order valence-corrected chi connectivity index (χ0v) is 15.6. The van der Waals surface area contributed by atoms with Gasteiger partial charge < -0.3 is 14.1 Å². The standard InChI is InChI=1S/C20H18N4O5/c1-28-17-9-5-13(6-10-17)20(25)23(15-7-8-15)12-18-21-22-19(29-18)14-3-2-4-16(11-14)24(26)27/h2-6,9-11,15H,7-8,12H2,1H3. The molecule has 0 radical (unpaired) electrons. The van der Waals surface area contributed by atoms with E-state index >= 15 is 0 Å². The number of carbonyl (C=O) groups excluding carboxylic acids is 1. The van der Waals surface area contributed by atoms with Crippen molar-refractivity contribution in [1.82, 2.24) is 15.1 Å². The van der Waals surface area contributed by atoms with Crippen molar-refractivity contribution in [3.05, 3.63) is 70.1 Å². The minimum Gasteiger partial charge on any atom is -0.497 e. The van der Waals surface area contributed by atoms with Gasteiger partial charge in [0, 0.05) is 29.3 Å². The third-order valence-corrected chi connectivity index (χ3v) is 4.66. The lowest BCUT2D eigenvalue weighted by Crippen LogP contribution is -2.32. The summed E-state index contributed by atoms with van der Waals surface area (Å²) in [6.07, 6.45) is 1.85. The van der Waals surface area contributed by atoms with Crippen molar-refractivity contribution in [2.45, 2.75) is 25.4 Å². The second kappa shape index (κ2) is 7.70. The van der Waals surface area contributed by atoms with Gasteiger partial charge in [-0.05, 0) is 43.2 Å². The molecule has 0 bridgehead atoms. The van der Waals surface area contributed by atoms with Crippen LogP contribution in [0.15, 0.2) is 52.9 Å². The number of methoxy groups -OCH3 is 1. The average molecular weight is 394 g/mol. The van der Waals surface area contributed by atoms with Gasteiger partial charge in [0.15, 0.2) is 0 Å². The van der Waals surface area contributed by atoms with Crippen LogP contribution in [0.25, 0.3) is 11.5 Å². The molecule has 1 aliphatic rings. The van der Waals surface area contributed by atoms with E-state index in [-0.39, 0.29) is 36.0 Å². The Balaban J connectivity index is 1.53. The molecule has 1 amide bonds. The zero-order chi connectivity index (χ0) is 20.4. The third kappa shape index (κ3) is 4.08. The maximum absolute atomic E-state index is 12.9. The fourth-order valence-corrected chi connectivity index (χ4v) is 2.98. The molecule has 0 aliphatic heterocycles. The minimum atomic E-state index is -0.483. The molecule has 2 aromatic carbocycles. The molecule has 1 aliphatic carbocycles. The van der Waals surface area contributed by atoms with Crippen molar-refractivity contribution >= 4 is 11.6 Å². The van der Waals surface area contributed by atoms with Crippen molar-refractivity contribution < 1.29 is 18.9 Å². The summed E-state index contributed by atoms with van der Waals surface area (Å²) >= 11 is 0. The first-order chi connectivity index (χ1) is 14.0. The molecule has 1 saturated carbocycles. The van der Waals surface area contributed by atoms with Crippen LogP contribution in [0.5, 0.6) is 5.75 Å². The predicted molar refractivity (Wildman–Crippen MR) is 102 cm³/mol. The second-order valence-electron chi connectivity index (χ2n) is 6.70. The molecule has 3 aromatic rings. The molecule has 0 atom stereocenters. The topological polar surface area (TPSA) is 112 Å². The number of non-ortho nitro benzene ring substituents is 1. The Morgan fingerprint density at radius 1 is 1.24 bits per heavy atom. The summed E-state index contributed by atoms with van der Waals surface area (Å²) in [6.45, 7) is 0.178. The number of aromatic nitrogens is 2. The summed E-state index contributed by atoms with van der Waals surface area (Å²) in [5.41, 5.74) is 0.949. The average Bonchev–Trinajstić information content (AvgIpc) is 3.49. The van der Waals surface area contributed by atoms with Crippen LogP contribution in [0.2, 0.25) is 0 Å². The smallest absolute Gasteiger partial charge is 0.270 e.